The van der Waals surface area contributed by atoms with Crippen LogP contribution in [-0.2, 0) is 14.2 Å². The molecule has 0 radical (unpaired) electrons. The Labute approximate surface area is 106 Å². The molecule has 2 unspecified atom stereocenters. The molecule has 1 rings (SSSR count). The third-order valence-corrected chi connectivity index (χ3v) is 4.04. The number of methoxy groups -OCH3 is 1. The number of alkyl halides is 1. The summed E-state index contributed by atoms with van der Waals surface area (Å²) in [6.07, 6.45) is 5.64. The van der Waals surface area contributed by atoms with Gasteiger partial charge in [-0.2, -0.15) is 0 Å². The van der Waals surface area contributed by atoms with Crippen molar-refractivity contribution in [1.29, 1.82) is 0 Å². The molecule has 4 heteroatoms. The smallest absolute Gasteiger partial charge is 0.0704 e. The third kappa shape index (κ3) is 6.04. The summed E-state index contributed by atoms with van der Waals surface area (Å²) in [5.41, 5.74) is 0. The number of ether oxygens (including phenoxy) is 3. The van der Waals surface area contributed by atoms with Crippen molar-refractivity contribution in [1.82, 2.24) is 0 Å². The third-order valence-electron chi connectivity index (χ3n) is 2.61. The maximum absolute atomic E-state index is 5.80. The number of hydrogen-bond acceptors (Lipinski definition) is 3. The fourth-order valence-electron chi connectivity index (χ4n) is 1.74. The first-order chi connectivity index (χ1) is 7.34. The van der Waals surface area contributed by atoms with Gasteiger partial charge in [-0.1, -0.05) is 35.4 Å². The van der Waals surface area contributed by atoms with Gasteiger partial charge in [0.1, 0.15) is 0 Å². The topological polar surface area (TPSA) is 27.7 Å². The van der Waals surface area contributed by atoms with Gasteiger partial charge in [-0.25, -0.2) is 0 Å². The zero-order valence-corrected chi connectivity index (χ0v) is 11.6. The first kappa shape index (κ1) is 13.7. The molecule has 2 atom stereocenters. The average Bonchev–Trinajstić information content (AvgIpc) is 2.25. The maximum atomic E-state index is 5.80. The van der Waals surface area contributed by atoms with Crippen molar-refractivity contribution >= 4 is 22.6 Å². The summed E-state index contributed by atoms with van der Waals surface area (Å²) < 4.78 is 16.7. The molecule has 0 amide bonds. The van der Waals surface area contributed by atoms with E-state index in [0.717, 1.165) is 0 Å². The molecule has 0 saturated heterocycles. The molecule has 0 aromatic rings. The quantitative estimate of drug-likeness (QED) is 0.408. The van der Waals surface area contributed by atoms with Crippen LogP contribution in [0.5, 0.6) is 0 Å². The predicted octanol–water partition coefficient (Wildman–Crippen LogP) is 2.41. The highest BCUT2D eigenvalue weighted by atomic mass is 127. The summed E-state index contributed by atoms with van der Waals surface area (Å²) >= 11 is 2.51. The molecule has 0 aromatic carbocycles. The molecule has 0 N–H and O–H groups in total. The Morgan fingerprint density at radius 1 is 1.07 bits per heavy atom. The molecule has 0 bridgehead atoms. The molecule has 1 aliphatic rings. The summed E-state index contributed by atoms with van der Waals surface area (Å²) in [5.74, 6) is 0. The van der Waals surface area contributed by atoms with Crippen molar-refractivity contribution < 1.29 is 14.2 Å². The van der Waals surface area contributed by atoms with Crippen molar-refractivity contribution in [3.05, 3.63) is 0 Å². The van der Waals surface area contributed by atoms with E-state index in [1.54, 1.807) is 7.11 Å². The van der Waals surface area contributed by atoms with Gasteiger partial charge < -0.3 is 14.2 Å². The van der Waals surface area contributed by atoms with Crippen LogP contribution in [0.3, 0.4) is 0 Å². The fourth-order valence-corrected chi connectivity index (χ4v) is 2.75. The molecule has 0 heterocycles. The largest absolute Gasteiger partial charge is 0.382 e. The molecule has 90 valence electrons. The number of halogens is 1. The van der Waals surface area contributed by atoms with Gasteiger partial charge in [0.15, 0.2) is 0 Å². The molecule has 0 aliphatic heterocycles. The van der Waals surface area contributed by atoms with E-state index in [2.05, 4.69) is 22.6 Å². The lowest BCUT2D eigenvalue weighted by Crippen LogP contribution is -2.29. The van der Waals surface area contributed by atoms with Gasteiger partial charge >= 0.3 is 0 Å². The molecule has 1 aliphatic carbocycles. The van der Waals surface area contributed by atoms with Crippen LogP contribution in [0.1, 0.15) is 25.7 Å². The Balaban J connectivity index is 1.94. The summed E-state index contributed by atoms with van der Waals surface area (Å²) in [4.78, 5) is 0. The SMILES string of the molecule is COCCOCCOC1CCCCC1I. The lowest BCUT2D eigenvalue weighted by molar-refractivity contribution is -0.0139. The highest BCUT2D eigenvalue weighted by Crippen LogP contribution is 2.27. The van der Waals surface area contributed by atoms with E-state index in [0.29, 0.717) is 36.5 Å². The van der Waals surface area contributed by atoms with Crippen LogP contribution in [0, 0.1) is 0 Å². The average molecular weight is 328 g/mol. The maximum Gasteiger partial charge on any atom is 0.0704 e. The molecule has 0 spiro atoms. The Morgan fingerprint density at radius 2 is 1.80 bits per heavy atom. The highest BCUT2D eigenvalue weighted by Gasteiger charge is 2.22. The minimum Gasteiger partial charge on any atom is -0.382 e. The zero-order valence-electron chi connectivity index (χ0n) is 9.41. The van der Waals surface area contributed by atoms with Gasteiger partial charge in [-0.15, -0.1) is 0 Å². The van der Waals surface area contributed by atoms with Gasteiger partial charge in [0.05, 0.1) is 32.5 Å². The first-order valence-corrected chi connectivity index (χ1v) is 6.91. The Bertz CT molecular complexity index is 155. The van der Waals surface area contributed by atoms with Gasteiger partial charge in [0.2, 0.25) is 0 Å². The lowest BCUT2D eigenvalue weighted by Gasteiger charge is -2.27. The van der Waals surface area contributed by atoms with Crippen molar-refractivity contribution in [2.75, 3.05) is 33.5 Å². The van der Waals surface area contributed by atoms with E-state index < -0.39 is 0 Å². The summed E-state index contributed by atoms with van der Waals surface area (Å²) in [6.45, 7) is 2.73. The van der Waals surface area contributed by atoms with Crippen LogP contribution < -0.4 is 0 Å². The fraction of sp³-hybridized carbons (Fsp3) is 1.00. The highest BCUT2D eigenvalue weighted by molar-refractivity contribution is 14.1. The minimum absolute atomic E-state index is 0.449. The van der Waals surface area contributed by atoms with Gasteiger partial charge in [0.25, 0.3) is 0 Å². The van der Waals surface area contributed by atoms with Crippen molar-refractivity contribution in [2.24, 2.45) is 0 Å². The number of rotatable bonds is 7. The first-order valence-electron chi connectivity index (χ1n) is 5.67. The molecule has 1 saturated carbocycles. The Kier molecular flexibility index (Phi) is 7.96. The number of hydrogen-bond donors (Lipinski definition) is 0. The van der Waals surface area contributed by atoms with Crippen LogP contribution >= 0.6 is 22.6 Å². The Morgan fingerprint density at radius 3 is 2.53 bits per heavy atom. The molecular formula is C11H21IO3. The molecule has 3 nitrogen and oxygen atoms in total. The Hall–Kier alpha value is 0.610. The van der Waals surface area contributed by atoms with Crippen LogP contribution in [-0.4, -0.2) is 43.6 Å². The van der Waals surface area contributed by atoms with Crippen LogP contribution in [0.4, 0.5) is 0 Å². The van der Waals surface area contributed by atoms with E-state index in [1.165, 1.54) is 25.7 Å². The van der Waals surface area contributed by atoms with Crippen molar-refractivity contribution in [3.63, 3.8) is 0 Å². The predicted molar refractivity (Wildman–Crippen MR) is 68.7 cm³/mol. The van der Waals surface area contributed by atoms with Crippen molar-refractivity contribution in [2.45, 2.75) is 35.7 Å². The van der Waals surface area contributed by atoms with Crippen LogP contribution in [0.25, 0.3) is 0 Å². The molecule has 1 fully saturated rings. The summed E-state index contributed by atoms with van der Waals surface area (Å²) in [7, 11) is 1.68. The normalized spacial score (nSPS) is 26.8. The van der Waals surface area contributed by atoms with Gasteiger partial charge in [-0.3, -0.25) is 0 Å². The van der Waals surface area contributed by atoms with Gasteiger partial charge in [-0.05, 0) is 12.8 Å². The summed E-state index contributed by atoms with van der Waals surface area (Å²) in [5, 5.41) is 0. The van der Waals surface area contributed by atoms with E-state index >= 15 is 0 Å². The standard InChI is InChI=1S/C11H21IO3/c1-13-6-7-14-8-9-15-11-5-3-2-4-10(11)12/h10-11H,2-9H2,1H3. The van der Waals surface area contributed by atoms with E-state index in [-0.39, 0.29) is 0 Å². The molecule has 15 heavy (non-hydrogen) atoms. The lowest BCUT2D eigenvalue weighted by atomic mass is 9.98. The van der Waals surface area contributed by atoms with Crippen LogP contribution in [0.2, 0.25) is 0 Å². The summed E-state index contributed by atoms with van der Waals surface area (Å²) in [6, 6.07) is 0. The van der Waals surface area contributed by atoms with Crippen LogP contribution in [0.15, 0.2) is 0 Å². The second-order valence-electron chi connectivity index (χ2n) is 3.81. The second-order valence-corrected chi connectivity index (χ2v) is 5.41. The molecule has 0 aromatic heterocycles. The van der Waals surface area contributed by atoms with E-state index in [1.807, 2.05) is 0 Å². The zero-order chi connectivity index (χ0) is 10.9. The van der Waals surface area contributed by atoms with E-state index in [4.69, 9.17) is 14.2 Å². The molecular weight excluding hydrogens is 307 g/mol. The minimum atomic E-state index is 0.449. The van der Waals surface area contributed by atoms with Gasteiger partial charge in [0, 0.05) is 11.0 Å². The van der Waals surface area contributed by atoms with Crippen molar-refractivity contribution in [3.8, 4) is 0 Å². The van der Waals surface area contributed by atoms with E-state index in [9.17, 15) is 0 Å². The monoisotopic (exact) mass is 328 g/mol. The second kappa shape index (κ2) is 8.73.